The molecule has 0 bridgehead atoms. The van der Waals surface area contributed by atoms with Crippen molar-refractivity contribution in [1.82, 2.24) is 5.32 Å². The topological polar surface area (TPSA) is 73.0 Å². The van der Waals surface area contributed by atoms with Gasteiger partial charge in [-0.15, -0.1) is 0 Å². The Kier molecular flexibility index (Phi) is 5.38. The van der Waals surface area contributed by atoms with Gasteiger partial charge >= 0.3 is 5.97 Å². The molecule has 0 aliphatic carbocycles. The Bertz CT molecular complexity index is 714. The van der Waals surface area contributed by atoms with Gasteiger partial charge in [-0.2, -0.15) is 0 Å². The standard InChI is InChI=1S/C19H24N2O4/c1-13(17-11-15-5-3-4-6-16(15)25-17)20-18(22)12-21-9-7-14(8-10-21)19(23)24-2/h3-6,11,13-14H,7-10,12H2,1-2H3,(H,20,22)/p+1/t13-/m1/s1. The third-order valence-electron chi connectivity index (χ3n) is 4.89. The second-order valence-electron chi connectivity index (χ2n) is 6.70. The second kappa shape index (κ2) is 7.70. The van der Waals surface area contributed by atoms with Crippen LogP contribution in [0.4, 0.5) is 0 Å². The lowest BCUT2D eigenvalue weighted by Gasteiger charge is -2.27. The Morgan fingerprint density at radius 1 is 1.32 bits per heavy atom. The smallest absolute Gasteiger partial charge is 0.309 e. The summed E-state index contributed by atoms with van der Waals surface area (Å²) in [6, 6.07) is 9.60. The molecule has 0 unspecified atom stereocenters. The number of quaternary nitrogens is 1. The number of hydrogen-bond acceptors (Lipinski definition) is 4. The Hall–Kier alpha value is -2.34. The fourth-order valence-electron chi connectivity index (χ4n) is 3.41. The largest absolute Gasteiger partial charge is 0.469 e. The van der Waals surface area contributed by atoms with Crippen molar-refractivity contribution in [2.45, 2.75) is 25.8 Å². The van der Waals surface area contributed by atoms with Crippen molar-refractivity contribution in [3.05, 3.63) is 36.1 Å². The fourth-order valence-corrected chi connectivity index (χ4v) is 3.41. The van der Waals surface area contributed by atoms with Crippen LogP contribution in [0.1, 0.15) is 31.6 Å². The molecule has 6 nitrogen and oxygen atoms in total. The summed E-state index contributed by atoms with van der Waals surface area (Å²) in [4.78, 5) is 25.1. The zero-order valence-corrected chi connectivity index (χ0v) is 14.7. The Morgan fingerprint density at radius 2 is 2.04 bits per heavy atom. The quantitative estimate of drug-likeness (QED) is 0.796. The molecule has 6 heteroatoms. The second-order valence-corrected chi connectivity index (χ2v) is 6.70. The van der Waals surface area contributed by atoms with Crippen LogP contribution in [-0.2, 0) is 14.3 Å². The number of hydrogen-bond donors (Lipinski definition) is 2. The summed E-state index contributed by atoms with van der Waals surface area (Å²) in [5, 5.41) is 4.04. The maximum Gasteiger partial charge on any atom is 0.309 e. The number of carbonyl (C=O) groups excluding carboxylic acids is 2. The van der Waals surface area contributed by atoms with Crippen LogP contribution >= 0.6 is 0 Å². The molecule has 1 aliphatic heterocycles. The maximum atomic E-state index is 12.3. The van der Waals surface area contributed by atoms with Gasteiger partial charge < -0.3 is 19.4 Å². The number of methoxy groups -OCH3 is 1. The highest BCUT2D eigenvalue weighted by Crippen LogP contribution is 2.23. The molecule has 1 aliphatic rings. The minimum Gasteiger partial charge on any atom is -0.469 e. The van der Waals surface area contributed by atoms with Gasteiger partial charge in [-0.25, -0.2) is 0 Å². The first-order valence-electron chi connectivity index (χ1n) is 8.76. The van der Waals surface area contributed by atoms with Crippen LogP contribution < -0.4 is 10.2 Å². The van der Waals surface area contributed by atoms with Gasteiger partial charge in [-0.1, -0.05) is 18.2 Å². The van der Waals surface area contributed by atoms with E-state index in [9.17, 15) is 9.59 Å². The third kappa shape index (κ3) is 4.20. The molecule has 0 radical (unpaired) electrons. The number of esters is 1. The average molecular weight is 345 g/mol. The lowest BCUT2D eigenvalue weighted by molar-refractivity contribution is -0.897. The minimum atomic E-state index is -0.174. The zero-order valence-electron chi connectivity index (χ0n) is 14.7. The van der Waals surface area contributed by atoms with E-state index in [1.165, 1.54) is 12.0 Å². The third-order valence-corrected chi connectivity index (χ3v) is 4.89. The molecular weight excluding hydrogens is 320 g/mol. The molecule has 2 heterocycles. The number of carbonyl (C=O) groups is 2. The summed E-state index contributed by atoms with van der Waals surface area (Å²) in [7, 11) is 1.43. The lowest BCUT2D eigenvalue weighted by Crippen LogP contribution is -3.14. The van der Waals surface area contributed by atoms with E-state index in [0.29, 0.717) is 6.54 Å². The van der Waals surface area contributed by atoms with Crippen molar-refractivity contribution < 1.29 is 23.6 Å². The molecule has 134 valence electrons. The van der Waals surface area contributed by atoms with Crippen molar-refractivity contribution in [2.75, 3.05) is 26.7 Å². The molecule has 1 aromatic carbocycles. The number of rotatable bonds is 5. The van der Waals surface area contributed by atoms with Gasteiger partial charge in [0, 0.05) is 18.2 Å². The van der Waals surface area contributed by atoms with E-state index in [1.807, 2.05) is 37.3 Å². The van der Waals surface area contributed by atoms with E-state index >= 15 is 0 Å². The number of para-hydroxylation sites is 1. The summed E-state index contributed by atoms with van der Waals surface area (Å²) < 4.78 is 10.6. The van der Waals surface area contributed by atoms with Crippen LogP contribution in [0.5, 0.6) is 0 Å². The molecule has 25 heavy (non-hydrogen) atoms. The van der Waals surface area contributed by atoms with Crippen LogP contribution in [0.3, 0.4) is 0 Å². The molecule has 1 amide bonds. The van der Waals surface area contributed by atoms with Gasteiger partial charge in [0.15, 0.2) is 6.54 Å². The predicted octanol–water partition coefficient (Wildman–Crippen LogP) is 1.08. The van der Waals surface area contributed by atoms with Crippen LogP contribution in [0.2, 0.25) is 0 Å². The Morgan fingerprint density at radius 3 is 2.72 bits per heavy atom. The zero-order chi connectivity index (χ0) is 17.8. The SMILES string of the molecule is COC(=O)C1CC[NH+](CC(=O)N[C@H](C)c2cc3ccccc3o2)CC1. The molecule has 1 atom stereocenters. The van der Waals surface area contributed by atoms with Gasteiger partial charge in [-0.05, 0) is 19.1 Å². The van der Waals surface area contributed by atoms with E-state index in [1.54, 1.807) is 0 Å². The molecule has 1 saturated heterocycles. The number of fused-ring (bicyclic) bond motifs is 1. The van der Waals surface area contributed by atoms with Crippen LogP contribution in [0, 0.1) is 5.92 Å². The monoisotopic (exact) mass is 345 g/mol. The van der Waals surface area contributed by atoms with Crippen molar-refractivity contribution >= 4 is 22.8 Å². The van der Waals surface area contributed by atoms with Crippen LogP contribution in [0.25, 0.3) is 11.0 Å². The number of ether oxygens (including phenoxy) is 1. The highest BCUT2D eigenvalue weighted by atomic mass is 16.5. The highest BCUT2D eigenvalue weighted by Gasteiger charge is 2.29. The molecule has 2 N–H and O–H groups in total. The number of piperidine rings is 1. The van der Waals surface area contributed by atoms with E-state index in [4.69, 9.17) is 9.15 Å². The molecule has 1 aromatic heterocycles. The van der Waals surface area contributed by atoms with Crippen LogP contribution in [-0.4, -0.2) is 38.6 Å². The van der Waals surface area contributed by atoms with E-state index in [2.05, 4.69) is 5.32 Å². The maximum absolute atomic E-state index is 12.3. The van der Waals surface area contributed by atoms with E-state index in [0.717, 1.165) is 42.7 Å². The molecule has 2 aromatic rings. The summed E-state index contributed by atoms with van der Waals surface area (Å²) in [6.07, 6.45) is 1.54. The number of furan rings is 1. The first kappa shape index (κ1) is 17.5. The first-order valence-corrected chi connectivity index (χ1v) is 8.76. The molecule has 0 spiro atoms. The summed E-state index contributed by atoms with van der Waals surface area (Å²) >= 11 is 0. The number of nitrogens with one attached hydrogen (secondary N) is 2. The van der Waals surface area contributed by atoms with Gasteiger partial charge in [0.2, 0.25) is 0 Å². The van der Waals surface area contributed by atoms with Gasteiger partial charge in [0.25, 0.3) is 5.91 Å². The summed E-state index contributed by atoms with van der Waals surface area (Å²) in [5.74, 6) is 0.599. The average Bonchev–Trinajstić information content (AvgIpc) is 3.06. The van der Waals surface area contributed by atoms with Gasteiger partial charge in [-0.3, -0.25) is 9.59 Å². The fraction of sp³-hybridized carbons (Fsp3) is 0.474. The first-order chi connectivity index (χ1) is 12.1. The van der Waals surface area contributed by atoms with Crippen molar-refractivity contribution in [3.63, 3.8) is 0 Å². The Labute approximate surface area is 147 Å². The highest BCUT2D eigenvalue weighted by molar-refractivity contribution is 5.79. The normalized spacial score (nSPS) is 21.7. The number of amides is 1. The van der Waals surface area contributed by atoms with Crippen molar-refractivity contribution in [3.8, 4) is 0 Å². The lowest BCUT2D eigenvalue weighted by atomic mass is 9.97. The Balaban J connectivity index is 1.50. The van der Waals surface area contributed by atoms with Crippen molar-refractivity contribution in [1.29, 1.82) is 0 Å². The molecule has 3 rings (SSSR count). The summed E-state index contributed by atoms with van der Waals surface area (Å²) in [6.45, 7) is 3.96. The predicted molar refractivity (Wildman–Crippen MR) is 93.1 cm³/mol. The summed E-state index contributed by atoms with van der Waals surface area (Å²) in [5.41, 5.74) is 0.828. The van der Waals surface area contributed by atoms with E-state index < -0.39 is 0 Å². The minimum absolute atomic E-state index is 0.000487. The molecule has 1 fully saturated rings. The number of benzene rings is 1. The molecular formula is C19H25N2O4+. The van der Waals surface area contributed by atoms with Crippen LogP contribution in [0.15, 0.2) is 34.7 Å². The number of likely N-dealkylation sites (tertiary alicyclic amines) is 1. The van der Waals surface area contributed by atoms with E-state index in [-0.39, 0.29) is 23.8 Å². The van der Waals surface area contributed by atoms with Crippen molar-refractivity contribution in [2.24, 2.45) is 5.92 Å². The molecule has 0 saturated carbocycles. The van der Waals surface area contributed by atoms with Gasteiger partial charge in [0.1, 0.15) is 11.3 Å². The van der Waals surface area contributed by atoms with Gasteiger partial charge in [0.05, 0.1) is 32.2 Å².